The van der Waals surface area contributed by atoms with Crippen molar-refractivity contribution >= 4 is 17.9 Å². The molecule has 2 rings (SSSR count). The third kappa shape index (κ3) is 5.97. The third-order valence-corrected chi connectivity index (χ3v) is 2.71. The van der Waals surface area contributed by atoms with E-state index < -0.39 is 12.3 Å². The Kier molecular flexibility index (Phi) is 6.15. The normalized spacial score (nSPS) is 26.0. The van der Waals surface area contributed by atoms with Gasteiger partial charge in [0, 0.05) is 18.3 Å². The van der Waals surface area contributed by atoms with Crippen LogP contribution in [0.1, 0.15) is 6.92 Å². The van der Waals surface area contributed by atoms with Crippen molar-refractivity contribution in [2.24, 2.45) is 10.2 Å². The fourth-order valence-corrected chi connectivity index (χ4v) is 1.78. The lowest BCUT2D eigenvalue weighted by Crippen LogP contribution is -2.28. The summed E-state index contributed by atoms with van der Waals surface area (Å²) < 4.78 is 9.78. The minimum atomic E-state index is -0.800. The van der Waals surface area contributed by atoms with E-state index >= 15 is 0 Å². The lowest BCUT2D eigenvalue weighted by atomic mass is 10.2. The van der Waals surface area contributed by atoms with E-state index in [1.807, 2.05) is 0 Å². The second-order valence-electron chi connectivity index (χ2n) is 4.76. The minimum Gasteiger partial charge on any atom is -0.417 e. The number of carbonyl (C=O) groups excluding carboxylic acids is 3. The minimum absolute atomic E-state index is 0.0414. The maximum Gasteiger partial charge on any atom is 0.454 e. The second kappa shape index (κ2) is 8.53. The molecule has 0 spiro atoms. The molecule has 0 fully saturated rings. The van der Waals surface area contributed by atoms with Crippen molar-refractivity contribution in [2.75, 3.05) is 13.2 Å². The first-order chi connectivity index (χ1) is 11.5. The maximum atomic E-state index is 11.8. The Hall–Kier alpha value is -3.07. The van der Waals surface area contributed by atoms with E-state index in [2.05, 4.69) is 25.6 Å². The molecule has 1 heterocycles. The molecule has 2 aliphatic rings. The van der Waals surface area contributed by atoms with Crippen molar-refractivity contribution in [3.05, 3.63) is 47.9 Å². The molecule has 3 amide bonds. The maximum absolute atomic E-state index is 11.8. The second-order valence-corrected chi connectivity index (χ2v) is 4.76. The van der Waals surface area contributed by atoms with Crippen LogP contribution in [0.4, 0.5) is 4.79 Å². The van der Waals surface area contributed by atoms with Crippen LogP contribution < -0.4 is 10.6 Å². The van der Waals surface area contributed by atoms with Crippen LogP contribution in [0.15, 0.2) is 58.1 Å². The van der Waals surface area contributed by atoms with Crippen LogP contribution in [0, 0.1) is 0 Å². The molecule has 1 atom stereocenters. The number of azo groups is 1. The Bertz CT molecular complexity index is 675. The van der Waals surface area contributed by atoms with Gasteiger partial charge >= 0.3 is 6.09 Å². The van der Waals surface area contributed by atoms with Gasteiger partial charge in [-0.2, -0.15) is 0 Å². The summed E-state index contributed by atoms with van der Waals surface area (Å²) in [6.45, 7) is 1.16. The van der Waals surface area contributed by atoms with E-state index in [9.17, 15) is 14.4 Å². The first-order valence-electron chi connectivity index (χ1n) is 7.06. The van der Waals surface area contributed by atoms with Crippen molar-refractivity contribution in [3.8, 4) is 0 Å². The van der Waals surface area contributed by atoms with Gasteiger partial charge in [-0.15, -0.1) is 5.11 Å². The quantitative estimate of drug-likeness (QED) is 0.754. The molecule has 1 aliphatic carbocycles. The predicted molar refractivity (Wildman–Crippen MR) is 82.3 cm³/mol. The summed E-state index contributed by atoms with van der Waals surface area (Å²) >= 11 is 0. The Morgan fingerprint density at radius 2 is 1.88 bits per heavy atom. The summed E-state index contributed by atoms with van der Waals surface area (Å²) in [5.74, 6) is -0.533. The van der Waals surface area contributed by atoms with Gasteiger partial charge in [0.1, 0.15) is 13.2 Å². The number of carbonyl (C=O) groups is 3. The van der Waals surface area contributed by atoms with Gasteiger partial charge in [0.25, 0.3) is 0 Å². The van der Waals surface area contributed by atoms with Crippen LogP contribution in [0.3, 0.4) is 0 Å². The zero-order chi connectivity index (χ0) is 17.4. The molecule has 0 radical (unpaired) electrons. The molecule has 0 aromatic carbocycles. The van der Waals surface area contributed by atoms with Crippen LogP contribution in [-0.4, -0.2) is 37.3 Å². The van der Waals surface area contributed by atoms with Gasteiger partial charge in [-0.3, -0.25) is 9.59 Å². The topological polar surface area (TPSA) is 118 Å². The highest BCUT2D eigenvalue weighted by Gasteiger charge is 2.20. The zero-order valence-corrected chi connectivity index (χ0v) is 12.9. The van der Waals surface area contributed by atoms with E-state index in [4.69, 9.17) is 4.74 Å². The van der Waals surface area contributed by atoms with Gasteiger partial charge in [0.15, 0.2) is 0 Å². The molecule has 9 heteroatoms. The molecule has 24 heavy (non-hydrogen) atoms. The standard InChI is InChI=1S/C15H16N4O5/c1-10(20)16-11-4-2-6-12(7-3-5-11)17-13(21)8-23-9-14-18-19-15(22)24-14/h2-7,14H,8-9H2,1H3,(H,16,20)(H,17,21)/b4-2-,5-3?,6-2?,7-3-,11-4?,11-5+,12-6+,12-7?. The molecule has 2 N–H and O–H groups in total. The van der Waals surface area contributed by atoms with E-state index in [0.717, 1.165) is 0 Å². The van der Waals surface area contributed by atoms with Crippen molar-refractivity contribution in [1.29, 1.82) is 0 Å². The summed E-state index contributed by atoms with van der Waals surface area (Å²) in [5, 5.41) is 12.0. The highest BCUT2D eigenvalue weighted by molar-refractivity contribution is 5.79. The largest absolute Gasteiger partial charge is 0.454 e. The number of rotatable bonds is 6. The molecular weight excluding hydrogens is 316 g/mol. The SMILES string of the molecule is CC(=O)NC1=C/C=C\C(NC(=O)COCC2N=NC(=O)O2)=C/C=C\1. The molecule has 0 aromatic heterocycles. The lowest BCUT2D eigenvalue weighted by Gasteiger charge is -2.09. The zero-order valence-electron chi connectivity index (χ0n) is 12.9. The number of cyclic esters (lactones) is 1. The fourth-order valence-electron chi connectivity index (χ4n) is 1.78. The van der Waals surface area contributed by atoms with E-state index in [1.165, 1.54) is 6.92 Å². The van der Waals surface area contributed by atoms with E-state index in [0.29, 0.717) is 11.4 Å². The van der Waals surface area contributed by atoms with Gasteiger partial charge in [-0.1, -0.05) is 17.3 Å². The summed E-state index contributed by atoms with van der Waals surface area (Å²) in [6.07, 6.45) is 8.58. The van der Waals surface area contributed by atoms with Gasteiger partial charge in [-0.05, 0) is 24.3 Å². The van der Waals surface area contributed by atoms with Crippen LogP contribution >= 0.6 is 0 Å². The Labute approximate surface area is 137 Å². The van der Waals surface area contributed by atoms with Gasteiger partial charge in [0.05, 0.1) is 0 Å². The van der Waals surface area contributed by atoms with Crippen LogP contribution in [0.2, 0.25) is 0 Å². The summed E-state index contributed by atoms with van der Waals surface area (Å²) in [5.41, 5.74) is 1.20. The average molecular weight is 332 g/mol. The molecule has 1 aliphatic heterocycles. The van der Waals surface area contributed by atoms with Crippen molar-refractivity contribution in [3.63, 3.8) is 0 Å². The van der Waals surface area contributed by atoms with Crippen LogP contribution in [0.25, 0.3) is 0 Å². The van der Waals surface area contributed by atoms with Gasteiger partial charge in [-0.25, -0.2) is 4.79 Å². The molecule has 0 saturated heterocycles. The summed E-state index contributed by atoms with van der Waals surface area (Å²) in [7, 11) is 0. The number of ether oxygens (including phenoxy) is 2. The van der Waals surface area contributed by atoms with Crippen molar-refractivity contribution in [2.45, 2.75) is 13.2 Å². The number of hydrogen-bond donors (Lipinski definition) is 2. The first-order valence-corrected chi connectivity index (χ1v) is 7.06. The third-order valence-electron chi connectivity index (χ3n) is 2.71. The van der Waals surface area contributed by atoms with Crippen LogP contribution in [-0.2, 0) is 19.1 Å². The van der Waals surface area contributed by atoms with Crippen molar-refractivity contribution in [1.82, 2.24) is 10.6 Å². The van der Waals surface area contributed by atoms with Crippen LogP contribution in [0.5, 0.6) is 0 Å². The first kappa shape index (κ1) is 17.3. The summed E-state index contributed by atoms with van der Waals surface area (Å²) in [6, 6.07) is 0. The number of nitrogens with zero attached hydrogens (tertiary/aromatic N) is 2. The van der Waals surface area contributed by atoms with E-state index in [1.54, 1.807) is 36.5 Å². The summed E-state index contributed by atoms with van der Waals surface area (Å²) in [4.78, 5) is 33.5. The van der Waals surface area contributed by atoms with Gasteiger partial charge in [0.2, 0.25) is 18.0 Å². The number of nitrogens with one attached hydrogen (secondary N) is 2. The lowest BCUT2D eigenvalue weighted by molar-refractivity contribution is -0.125. The monoisotopic (exact) mass is 332 g/mol. The number of allylic oxidation sites excluding steroid dienone is 6. The molecule has 0 bridgehead atoms. The molecule has 1 unspecified atom stereocenters. The fraction of sp³-hybridized carbons (Fsp3) is 0.267. The highest BCUT2D eigenvalue weighted by atomic mass is 16.6. The number of amides is 3. The molecule has 9 nitrogen and oxygen atoms in total. The average Bonchev–Trinajstić information content (AvgIpc) is 2.89. The molecule has 0 aromatic rings. The van der Waals surface area contributed by atoms with Gasteiger partial charge < -0.3 is 20.1 Å². The predicted octanol–water partition coefficient (Wildman–Crippen LogP) is 1.08. The Morgan fingerprint density at radius 1 is 1.21 bits per heavy atom. The Balaban J connectivity index is 1.75. The van der Waals surface area contributed by atoms with Crippen molar-refractivity contribution < 1.29 is 23.9 Å². The molecule has 0 saturated carbocycles. The molecule has 126 valence electrons. The number of hydrogen-bond acceptors (Lipinski definition) is 6. The Morgan fingerprint density at radius 3 is 2.46 bits per heavy atom. The smallest absolute Gasteiger partial charge is 0.417 e. The highest BCUT2D eigenvalue weighted by Crippen LogP contribution is 2.07. The van der Waals surface area contributed by atoms with E-state index in [-0.39, 0.29) is 25.0 Å². The molecular formula is C15H16N4O5.